The van der Waals surface area contributed by atoms with Gasteiger partial charge in [-0.05, 0) is 11.6 Å². The van der Waals surface area contributed by atoms with Gasteiger partial charge in [-0.15, -0.1) is 0 Å². The number of nitrogens with zero attached hydrogens (tertiary/aromatic N) is 3. The van der Waals surface area contributed by atoms with Crippen molar-refractivity contribution in [2.24, 2.45) is 0 Å². The van der Waals surface area contributed by atoms with E-state index in [1.165, 1.54) is 11.3 Å². The van der Waals surface area contributed by atoms with E-state index in [0.29, 0.717) is 10.1 Å². The quantitative estimate of drug-likeness (QED) is 0.621. The largest absolute Gasteiger partial charge is 0.225 e. The topological polar surface area (TPSA) is 38.7 Å². The zero-order chi connectivity index (χ0) is 7.84. The summed E-state index contributed by atoms with van der Waals surface area (Å²) in [5.74, 6) is 0. The van der Waals surface area contributed by atoms with Crippen LogP contribution in [0.3, 0.4) is 0 Å². The van der Waals surface area contributed by atoms with Gasteiger partial charge in [-0.25, -0.2) is 9.97 Å². The summed E-state index contributed by atoms with van der Waals surface area (Å²) in [6.45, 7) is 0. The summed E-state index contributed by atoms with van der Waals surface area (Å²) in [5.41, 5.74) is 0.556. The molecule has 2 heterocycles. The maximum atomic E-state index is 5.63. The van der Waals surface area contributed by atoms with Crippen LogP contribution in [0.5, 0.6) is 0 Å². The van der Waals surface area contributed by atoms with Crippen molar-refractivity contribution >= 4 is 44.9 Å². The van der Waals surface area contributed by atoms with E-state index in [-0.39, 0.29) is 5.28 Å². The Kier molecular flexibility index (Phi) is 1.67. The van der Waals surface area contributed by atoms with Crippen molar-refractivity contribution in [3.8, 4) is 0 Å². The fraction of sp³-hybridized carbons (Fsp3) is 0. The molecular formula is C5HCl2N3S. The number of halogens is 2. The second kappa shape index (κ2) is 2.55. The highest BCUT2D eigenvalue weighted by molar-refractivity contribution is 7.22. The van der Waals surface area contributed by atoms with E-state index in [9.17, 15) is 0 Å². The molecule has 0 aliphatic carbocycles. The van der Waals surface area contributed by atoms with Crippen LogP contribution in [0.1, 0.15) is 0 Å². The highest BCUT2D eigenvalue weighted by atomic mass is 35.5. The Morgan fingerprint density at radius 2 is 2.09 bits per heavy atom. The average molecular weight is 206 g/mol. The lowest BCUT2D eigenvalue weighted by Crippen LogP contribution is -1.80. The monoisotopic (exact) mass is 205 g/mol. The first kappa shape index (κ1) is 7.21. The third kappa shape index (κ3) is 1.29. The standard InChI is InChI=1S/C5HCl2N3S/c6-4-8-1-2-3(9-4)10-5(7)11-2/h1H. The molecule has 0 bridgehead atoms. The minimum atomic E-state index is 0.194. The van der Waals surface area contributed by atoms with Crippen LogP contribution in [0, 0.1) is 0 Å². The van der Waals surface area contributed by atoms with Gasteiger partial charge in [0.25, 0.3) is 0 Å². The Bertz CT molecular complexity index is 400. The molecule has 0 aromatic carbocycles. The van der Waals surface area contributed by atoms with E-state index in [2.05, 4.69) is 15.0 Å². The number of fused-ring (bicyclic) bond motifs is 1. The lowest BCUT2D eigenvalue weighted by Gasteiger charge is -1.84. The number of aromatic nitrogens is 3. The molecule has 0 fully saturated rings. The van der Waals surface area contributed by atoms with Crippen LogP contribution in [0.25, 0.3) is 10.3 Å². The van der Waals surface area contributed by atoms with Gasteiger partial charge in [-0.1, -0.05) is 22.9 Å². The SMILES string of the molecule is Clc1ncc2sc(Cl)nc2n1. The van der Waals surface area contributed by atoms with E-state index in [4.69, 9.17) is 23.2 Å². The summed E-state index contributed by atoms with van der Waals surface area (Å²) in [5, 5.41) is 0.194. The van der Waals surface area contributed by atoms with Gasteiger partial charge in [-0.3, -0.25) is 0 Å². The summed E-state index contributed by atoms with van der Waals surface area (Å²) in [6.07, 6.45) is 1.61. The van der Waals surface area contributed by atoms with Gasteiger partial charge < -0.3 is 0 Å². The maximum Gasteiger partial charge on any atom is 0.224 e. The maximum absolute atomic E-state index is 5.63. The molecule has 0 atom stereocenters. The second-order valence-corrected chi connectivity index (χ2v) is 3.74. The van der Waals surface area contributed by atoms with Gasteiger partial charge in [0.2, 0.25) is 5.28 Å². The number of thiazole rings is 1. The molecule has 0 radical (unpaired) electrons. The van der Waals surface area contributed by atoms with Gasteiger partial charge in [0.1, 0.15) is 0 Å². The molecule has 6 heteroatoms. The Hall–Kier alpha value is -0.450. The molecule has 56 valence electrons. The Balaban J connectivity index is 2.82. The third-order valence-corrected chi connectivity index (χ3v) is 2.36. The summed E-state index contributed by atoms with van der Waals surface area (Å²) in [7, 11) is 0. The van der Waals surface area contributed by atoms with Crippen molar-refractivity contribution in [1.29, 1.82) is 0 Å². The third-order valence-electron chi connectivity index (χ3n) is 1.09. The van der Waals surface area contributed by atoms with Crippen LogP contribution in [-0.2, 0) is 0 Å². The summed E-state index contributed by atoms with van der Waals surface area (Å²) in [6, 6.07) is 0. The minimum Gasteiger partial charge on any atom is -0.225 e. The zero-order valence-electron chi connectivity index (χ0n) is 5.08. The first-order chi connectivity index (χ1) is 5.25. The first-order valence-corrected chi connectivity index (χ1v) is 4.27. The van der Waals surface area contributed by atoms with E-state index in [1.54, 1.807) is 6.20 Å². The predicted molar refractivity (Wildman–Crippen MR) is 45.2 cm³/mol. The first-order valence-electron chi connectivity index (χ1n) is 2.70. The molecule has 2 rings (SSSR count). The van der Waals surface area contributed by atoms with Crippen molar-refractivity contribution in [2.75, 3.05) is 0 Å². The van der Waals surface area contributed by atoms with Crippen LogP contribution in [-0.4, -0.2) is 15.0 Å². The molecule has 2 aromatic heterocycles. The lowest BCUT2D eigenvalue weighted by atomic mass is 10.6. The van der Waals surface area contributed by atoms with Crippen LogP contribution in [0.15, 0.2) is 6.20 Å². The molecular weight excluding hydrogens is 205 g/mol. The molecule has 0 saturated heterocycles. The van der Waals surface area contributed by atoms with Crippen LogP contribution >= 0.6 is 34.5 Å². The van der Waals surface area contributed by atoms with Gasteiger partial charge >= 0.3 is 0 Å². The van der Waals surface area contributed by atoms with Gasteiger partial charge in [-0.2, -0.15) is 4.98 Å². The zero-order valence-corrected chi connectivity index (χ0v) is 7.41. The van der Waals surface area contributed by atoms with Crippen molar-refractivity contribution in [2.45, 2.75) is 0 Å². The molecule has 0 aliphatic rings. The van der Waals surface area contributed by atoms with Crippen LogP contribution < -0.4 is 0 Å². The Morgan fingerprint density at radius 3 is 2.91 bits per heavy atom. The molecule has 0 unspecified atom stereocenters. The van der Waals surface area contributed by atoms with Crippen molar-refractivity contribution in [3.05, 3.63) is 15.9 Å². The minimum absolute atomic E-state index is 0.194. The molecule has 0 amide bonds. The van der Waals surface area contributed by atoms with Gasteiger partial charge in [0, 0.05) is 0 Å². The summed E-state index contributed by atoms with van der Waals surface area (Å²) >= 11 is 12.5. The van der Waals surface area contributed by atoms with E-state index in [0.717, 1.165) is 4.70 Å². The Labute approximate surface area is 76.0 Å². The lowest BCUT2D eigenvalue weighted by molar-refractivity contribution is 1.20. The number of rotatable bonds is 0. The fourth-order valence-electron chi connectivity index (χ4n) is 0.690. The highest BCUT2D eigenvalue weighted by Gasteiger charge is 2.02. The van der Waals surface area contributed by atoms with Gasteiger partial charge in [0.05, 0.1) is 10.9 Å². The predicted octanol–water partition coefficient (Wildman–Crippen LogP) is 2.39. The number of hydrogen-bond acceptors (Lipinski definition) is 4. The smallest absolute Gasteiger partial charge is 0.224 e. The second-order valence-electron chi connectivity index (χ2n) is 1.79. The van der Waals surface area contributed by atoms with Crippen LogP contribution in [0.2, 0.25) is 9.75 Å². The van der Waals surface area contributed by atoms with E-state index < -0.39 is 0 Å². The molecule has 3 nitrogen and oxygen atoms in total. The van der Waals surface area contributed by atoms with E-state index in [1.807, 2.05) is 0 Å². The normalized spacial score (nSPS) is 10.7. The van der Waals surface area contributed by atoms with Crippen LogP contribution in [0.4, 0.5) is 0 Å². The Morgan fingerprint density at radius 1 is 1.27 bits per heavy atom. The van der Waals surface area contributed by atoms with Crippen molar-refractivity contribution in [1.82, 2.24) is 15.0 Å². The van der Waals surface area contributed by atoms with E-state index >= 15 is 0 Å². The highest BCUT2D eigenvalue weighted by Crippen LogP contribution is 2.23. The van der Waals surface area contributed by atoms with Gasteiger partial charge in [0.15, 0.2) is 10.1 Å². The van der Waals surface area contributed by atoms with Crippen molar-refractivity contribution < 1.29 is 0 Å². The fourth-order valence-corrected chi connectivity index (χ4v) is 1.75. The summed E-state index contributed by atoms with van der Waals surface area (Å²) in [4.78, 5) is 11.6. The molecule has 11 heavy (non-hydrogen) atoms. The molecule has 0 spiro atoms. The molecule has 0 N–H and O–H groups in total. The summed E-state index contributed by atoms with van der Waals surface area (Å²) < 4.78 is 1.30. The number of hydrogen-bond donors (Lipinski definition) is 0. The molecule has 0 aliphatic heterocycles. The average Bonchev–Trinajstić information content (AvgIpc) is 2.27. The van der Waals surface area contributed by atoms with Crippen molar-refractivity contribution in [3.63, 3.8) is 0 Å². The molecule has 2 aromatic rings. The molecule has 0 saturated carbocycles.